The average molecular weight is 622 g/mol. The van der Waals surface area contributed by atoms with Crippen molar-refractivity contribution in [1.82, 2.24) is 14.7 Å². The van der Waals surface area contributed by atoms with Crippen molar-refractivity contribution < 1.29 is 19.1 Å². The number of nitrogens with one attached hydrogen (secondary N) is 2. The van der Waals surface area contributed by atoms with Gasteiger partial charge in [0.25, 0.3) is 0 Å². The van der Waals surface area contributed by atoms with E-state index in [9.17, 15) is 9.59 Å². The molecule has 6 rings (SSSR count). The molecule has 1 aromatic heterocycles. The van der Waals surface area contributed by atoms with Gasteiger partial charge in [0.2, 0.25) is 0 Å². The zero-order valence-corrected chi connectivity index (χ0v) is 27.2. The Balaban J connectivity index is 1.08. The van der Waals surface area contributed by atoms with Gasteiger partial charge in [0, 0.05) is 29.3 Å². The van der Waals surface area contributed by atoms with E-state index in [0.29, 0.717) is 17.5 Å². The first-order valence-electron chi connectivity index (χ1n) is 16.0. The smallest absolute Gasteiger partial charge is 0.415 e. The molecule has 3 amide bonds. The van der Waals surface area contributed by atoms with Crippen molar-refractivity contribution in [2.75, 3.05) is 17.7 Å². The second kappa shape index (κ2) is 12.9. The number of urea groups is 1. The fourth-order valence-corrected chi connectivity index (χ4v) is 6.66. The molecule has 2 fully saturated rings. The second-order valence-corrected chi connectivity index (χ2v) is 13.6. The van der Waals surface area contributed by atoms with Crippen LogP contribution in [-0.2, 0) is 11.8 Å². The Labute approximate surface area is 270 Å². The number of benzene rings is 3. The Morgan fingerprint density at radius 2 is 1.57 bits per heavy atom. The van der Waals surface area contributed by atoms with Crippen LogP contribution in [0.1, 0.15) is 63.3 Å². The molecule has 46 heavy (non-hydrogen) atoms. The van der Waals surface area contributed by atoms with Crippen molar-refractivity contribution in [3.8, 4) is 17.2 Å². The maximum Gasteiger partial charge on any atom is 0.415 e. The maximum atomic E-state index is 13.2. The molecule has 9 nitrogen and oxygen atoms in total. The molecule has 2 unspecified atom stereocenters. The molecule has 240 valence electrons. The molecule has 0 saturated carbocycles. The SMILES string of the molecule is COc1ccc(OC(=O)N2C3CCC2CC(Cc2cccc(NC(=O)Nc4cc(C(C)(C)C)nn4-c4ccc(C)cc4)c2)C3)cc1. The summed E-state index contributed by atoms with van der Waals surface area (Å²) in [5.74, 6) is 2.30. The molecule has 4 aromatic rings. The van der Waals surface area contributed by atoms with Crippen LogP contribution in [0.4, 0.5) is 21.1 Å². The summed E-state index contributed by atoms with van der Waals surface area (Å²) in [7, 11) is 1.61. The summed E-state index contributed by atoms with van der Waals surface area (Å²) in [4.78, 5) is 28.3. The number of fused-ring (bicyclic) bond motifs is 2. The van der Waals surface area contributed by atoms with Gasteiger partial charge in [-0.3, -0.25) is 5.32 Å². The molecule has 2 bridgehead atoms. The summed E-state index contributed by atoms with van der Waals surface area (Å²) in [6, 6.07) is 25.2. The number of carbonyl (C=O) groups is 2. The molecule has 0 radical (unpaired) electrons. The first kappa shape index (κ1) is 31.2. The third-order valence-corrected chi connectivity index (χ3v) is 9.01. The predicted octanol–water partition coefficient (Wildman–Crippen LogP) is 8.12. The first-order valence-corrected chi connectivity index (χ1v) is 16.0. The number of anilines is 2. The van der Waals surface area contributed by atoms with E-state index in [1.165, 1.54) is 0 Å². The quantitative estimate of drug-likeness (QED) is 0.217. The minimum Gasteiger partial charge on any atom is -0.497 e. The summed E-state index contributed by atoms with van der Waals surface area (Å²) in [5, 5.41) is 10.9. The number of hydrogen-bond donors (Lipinski definition) is 2. The molecule has 9 heteroatoms. The number of aromatic nitrogens is 2. The Hall–Kier alpha value is -4.79. The molecule has 0 aliphatic carbocycles. The summed E-state index contributed by atoms with van der Waals surface area (Å²) < 4.78 is 12.7. The maximum absolute atomic E-state index is 13.2. The summed E-state index contributed by atoms with van der Waals surface area (Å²) in [6.07, 6.45) is 4.48. The lowest BCUT2D eigenvalue weighted by Crippen LogP contribution is -2.48. The first-order chi connectivity index (χ1) is 22.1. The number of hydrogen-bond acceptors (Lipinski definition) is 5. The lowest BCUT2D eigenvalue weighted by molar-refractivity contribution is 0.0903. The highest BCUT2D eigenvalue weighted by atomic mass is 16.6. The van der Waals surface area contributed by atoms with Crippen molar-refractivity contribution >= 4 is 23.6 Å². The minimum absolute atomic E-state index is 0.177. The van der Waals surface area contributed by atoms with E-state index >= 15 is 0 Å². The standard InChI is InChI=1S/C37H43N5O4/c1-24-9-11-28(12-10-24)42-34(23-33(40-42)37(2,3)4)39-35(43)38-27-8-6-7-25(20-27)19-26-21-29-13-14-30(22-26)41(29)36(44)46-32-17-15-31(45-5)16-18-32/h6-12,15-18,20,23,26,29-30H,13-14,19,21-22H2,1-5H3,(H2,38,39,43). The zero-order valence-electron chi connectivity index (χ0n) is 27.2. The van der Waals surface area contributed by atoms with Crippen LogP contribution in [-0.4, -0.2) is 46.0 Å². The number of nitrogens with zero attached hydrogens (tertiary/aromatic N) is 3. The molecule has 0 spiro atoms. The number of amides is 3. The van der Waals surface area contributed by atoms with Crippen LogP contribution in [0, 0.1) is 12.8 Å². The third kappa shape index (κ3) is 7.03. The van der Waals surface area contributed by atoms with Gasteiger partial charge < -0.3 is 19.7 Å². The predicted molar refractivity (Wildman–Crippen MR) is 180 cm³/mol. The number of aryl methyl sites for hydroxylation is 1. The Morgan fingerprint density at radius 3 is 2.22 bits per heavy atom. The van der Waals surface area contributed by atoms with Crippen LogP contribution in [0.5, 0.6) is 11.5 Å². The fourth-order valence-electron chi connectivity index (χ4n) is 6.66. The molecule has 2 saturated heterocycles. The van der Waals surface area contributed by atoms with E-state index in [1.807, 2.05) is 60.4 Å². The fraction of sp³-hybridized carbons (Fsp3) is 0.378. The van der Waals surface area contributed by atoms with Gasteiger partial charge in [-0.1, -0.05) is 50.6 Å². The van der Waals surface area contributed by atoms with E-state index in [2.05, 4.69) is 37.5 Å². The number of carbonyl (C=O) groups excluding carboxylic acids is 2. The van der Waals surface area contributed by atoms with Crippen LogP contribution >= 0.6 is 0 Å². The van der Waals surface area contributed by atoms with Crippen molar-refractivity contribution in [3.05, 3.63) is 95.7 Å². The Kier molecular flexibility index (Phi) is 8.75. The van der Waals surface area contributed by atoms with Gasteiger partial charge in [0.05, 0.1) is 18.5 Å². The molecular formula is C37H43N5O4. The van der Waals surface area contributed by atoms with E-state index in [1.54, 1.807) is 36.1 Å². The van der Waals surface area contributed by atoms with Gasteiger partial charge in [-0.2, -0.15) is 5.10 Å². The van der Waals surface area contributed by atoms with Gasteiger partial charge in [0.15, 0.2) is 0 Å². The minimum atomic E-state index is -0.326. The Morgan fingerprint density at radius 1 is 0.891 bits per heavy atom. The normalized spacial score (nSPS) is 19.1. The van der Waals surface area contributed by atoms with Gasteiger partial charge in [-0.05, 0) is 99.0 Å². The number of methoxy groups -OCH3 is 1. The van der Waals surface area contributed by atoms with E-state index in [-0.39, 0.29) is 29.6 Å². The summed E-state index contributed by atoms with van der Waals surface area (Å²) in [5.41, 5.74) is 4.65. The molecule has 2 aliphatic heterocycles. The van der Waals surface area contributed by atoms with Crippen LogP contribution in [0.15, 0.2) is 78.9 Å². The van der Waals surface area contributed by atoms with Crippen molar-refractivity contribution in [1.29, 1.82) is 0 Å². The van der Waals surface area contributed by atoms with E-state index in [4.69, 9.17) is 14.6 Å². The molecule has 3 heterocycles. The van der Waals surface area contributed by atoms with Crippen LogP contribution in [0.3, 0.4) is 0 Å². The van der Waals surface area contributed by atoms with Crippen LogP contribution in [0.2, 0.25) is 0 Å². The summed E-state index contributed by atoms with van der Waals surface area (Å²) >= 11 is 0. The number of piperidine rings is 1. The highest BCUT2D eigenvalue weighted by Gasteiger charge is 2.44. The Bertz CT molecular complexity index is 1680. The van der Waals surface area contributed by atoms with E-state index < -0.39 is 0 Å². The number of rotatable bonds is 7. The van der Waals surface area contributed by atoms with Crippen LogP contribution < -0.4 is 20.1 Å². The number of ether oxygens (including phenoxy) is 2. The zero-order chi connectivity index (χ0) is 32.4. The summed E-state index contributed by atoms with van der Waals surface area (Å²) in [6.45, 7) is 8.36. The van der Waals surface area contributed by atoms with E-state index in [0.717, 1.165) is 66.0 Å². The van der Waals surface area contributed by atoms with Gasteiger partial charge >= 0.3 is 12.1 Å². The van der Waals surface area contributed by atoms with Gasteiger partial charge in [-0.25, -0.2) is 14.3 Å². The molecule has 2 N–H and O–H groups in total. The second-order valence-electron chi connectivity index (χ2n) is 13.6. The highest BCUT2D eigenvalue weighted by molar-refractivity contribution is 5.99. The monoisotopic (exact) mass is 621 g/mol. The molecule has 2 aliphatic rings. The largest absolute Gasteiger partial charge is 0.497 e. The lowest BCUT2D eigenvalue weighted by Gasteiger charge is -2.38. The third-order valence-electron chi connectivity index (χ3n) is 9.01. The molecule has 3 aromatic carbocycles. The highest BCUT2D eigenvalue weighted by Crippen LogP contribution is 2.40. The van der Waals surface area contributed by atoms with Gasteiger partial charge in [-0.15, -0.1) is 0 Å². The topological polar surface area (TPSA) is 97.7 Å². The molecular weight excluding hydrogens is 578 g/mol. The van der Waals surface area contributed by atoms with Crippen molar-refractivity contribution in [2.24, 2.45) is 5.92 Å². The van der Waals surface area contributed by atoms with Crippen LogP contribution in [0.25, 0.3) is 5.69 Å². The average Bonchev–Trinajstić information content (AvgIpc) is 3.56. The van der Waals surface area contributed by atoms with Crippen molar-refractivity contribution in [2.45, 2.75) is 77.3 Å². The van der Waals surface area contributed by atoms with Crippen molar-refractivity contribution in [3.63, 3.8) is 0 Å². The van der Waals surface area contributed by atoms with Gasteiger partial charge in [0.1, 0.15) is 17.3 Å². The molecule has 2 atom stereocenters. The lowest BCUT2D eigenvalue weighted by atomic mass is 9.86.